The first-order valence-electron chi connectivity index (χ1n) is 6.50. The van der Waals surface area contributed by atoms with Crippen LogP contribution in [0.15, 0.2) is 22.7 Å². The molecule has 0 radical (unpaired) electrons. The minimum atomic E-state index is -0.140. The molecule has 1 aliphatic carbocycles. The van der Waals surface area contributed by atoms with Gasteiger partial charge in [0, 0.05) is 10.5 Å². The van der Waals surface area contributed by atoms with Gasteiger partial charge in [-0.05, 0) is 62.4 Å². The van der Waals surface area contributed by atoms with Gasteiger partial charge in [-0.15, -0.1) is 0 Å². The lowest BCUT2D eigenvalue weighted by atomic mass is 9.93. The summed E-state index contributed by atoms with van der Waals surface area (Å²) in [5.41, 5.74) is 0.743. The summed E-state index contributed by atoms with van der Waals surface area (Å²) in [6.45, 7) is 0.786. The number of rotatable bonds is 4. The molecule has 0 spiro atoms. The molecule has 0 saturated heterocycles. The molecule has 4 heteroatoms. The summed E-state index contributed by atoms with van der Waals surface area (Å²) in [7, 11) is 0. The molecule has 0 heterocycles. The Morgan fingerprint density at radius 1 is 1.28 bits per heavy atom. The maximum atomic E-state index is 13.5. The molecule has 2 rings (SSSR count). The van der Waals surface area contributed by atoms with Crippen molar-refractivity contribution in [1.82, 2.24) is 5.32 Å². The summed E-state index contributed by atoms with van der Waals surface area (Å²) < 4.78 is 14.4. The number of aliphatic hydroxyl groups is 1. The monoisotopic (exact) mass is 315 g/mol. The van der Waals surface area contributed by atoms with E-state index in [1.54, 1.807) is 6.07 Å². The van der Waals surface area contributed by atoms with Crippen LogP contribution >= 0.6 is 15.9 Å². The second-order valence-corrected chi connectivity index (χ2v) is 5.86. The fourth-order valence-electron chi connectivity index (χ4n) is 2.43. The number of nitrogens with one attached hydrogen (secondary N) is 1. The highest BCUT2D eigenvalue weighted by Gasteiger charge is 2.18. The van der Waals surface area contributed by atoms with Crippen molar-refractivity contribution in [2.24, 2.45) is 0 Å². The van der Waals surface area contributed by atoms with Gasteiger partial charge in [0.2, 0.25) is 0 Å². The van der Waals surface area contributed by atoms with E-state index >= 15 is 0 Å². The first kappa shape index (κ1) is 14.0. The van der Waals surface area contributed by atoms with Gasteiger partial charge < -0.3 is 10.4 Å². The molecule has 0 aliphatic heterocycles. The number of halogens is 2. The average Bonchev–Trinajstić information content (AvgIpc) is 2.36. The Morgan fingerprint density at radius 2 is 2.00 bits per heavy atom. The fraction of sp³-hybridized carbons (Fsp3) is 0.571. The predicted molar refractivity (Wildman–Crippen MR) is 74.1 cm³/mol. The van der Waals surface area contributed by atoms with E-state index in [1.165, 1.54) is 6.07 Å². The first-order valence-corrected chi connectivity index (χ1v) is 7.30. The van der Waals surface area contributed by atoms with E-state index < -0.39 is 0 Å². The van der Waals surface area contributed by atoms with Crippen LogP contribution in [0.5, 0.6) is 0 Å². The Balaban J connectivity index is 1.76. The van der Waals surface area contributed by atoms with Crippen LogP contribution in [0.3, 0.4) is 0 Å². The third-order valence-corrected chi connectivity index (χ3v) is 4.03. The minimum absolute atomic E-state index is 0.120. The van der Waals surface area contributed by atoms with Crippen LogP contribution in [0.4, 0.5) is 4.39 Å². The highest BCUT2D eigenvalue weighted by Crippen LogP contribution is 2.19. The minimum Gasteiger partial charge on any atom is -0.393 e. The summed E-state index contributed by atoms with van der Waals surface area (Å²) in [4.78, 5) is 0. The van der Waals surface area contributed by atoms with E-state index in [-0.39, 0.29) is 11.9 Å². The highest BCUT2D eigenvalue weighted by atomic mass is 79.9. The van der Waals surface area contributed by atoms with E-state index in [1.807, 2.05) is 6.07 Å². The summed E-state index contributed by atoms with van der Waals surface area (Å²) >= 11 is 3.36. The Morgan fingerprint density at radius 3 is 2.72 bits per heavy atom. The summed E-state index contributed by atoms with van der Waals surface area (Å²) in [5.74, 6) is -0.140. The standard InChI is InChI=1S/C14H19BrFNO/c15-11-1-6-14(16)10(9-11)7-8-17-12-2-4-13(18)5-3-12/h1,6,9,12-13,17-18H,2-5,7-8H2. The Bertz CT molecular complexity index is 391. The van der Waals surface area contributed by atoms with Crippen LogP contribution in [0.1, 0.15) is 31.2 Å². The maximum absolute atomic E-state index is 13.5. The third kappa shape index (κ3) is 4.04. The zero-order valence-corrected chi connectivity index (χ0v) is 11.9. The average molecular weight is 316 g/mol. The normalized spacial score (nSPS) is 24.2. The number of benzene rings is 1. The molecule has 100 valence electrons. The van der Waals surface area contributed by atoms with Crippen molar-refractivity contribution in [2.75, 3.05) is 6.54 Å². The molecule has 0 atom stereocenters. The van der Waals surface area contributed by atoms with E-state index in [4.69, 9.17) is 0 Å². The van der Waals surface area contributed by atoms with Crippen molar-refractivity contribution >= 4 is 15.9 Å². The molecule has 1 aromatic carbocycles. The van der Waals surface area contributed by atoms with E-state index in [0.717, 1.165) is 42.3 Å². The molecule has 1 aromatic rings. The van der Waals surface area contributed by atoms with Gasteiger partial charge in [-0.25, -0.2) is 4.39 Å². The summed E-state index contributed by atoms with van der Waals surface area (Å²) in [6, 6.07) is 5.52. The predicted octanol–water partition coefficient (Wildman–Crippen LogP) is 3.02. The lowest BCUT2D eigenvalue weighted by Gasteiger charge is -2.26. The van der Waals surface area contributed by atoms with Crippen LogP contribution in [-0.2, 0) is 6.42 Å². The Kier molecular flexibility index (Phi) is 5.15. The third-order valence-electron chi connectivity index (χ3n) is 3.53. The molecule has 0 aromatic heterocycles. The van der Waals surface area contributed by atoms with Crippen LogP contribution in [-0.4, -0.2) is 23.8 Å². The van der Waals surface area contributed by atoms with Crippen molar-refractivity contribution in [3.63, 3.8) is 0 Å². The van der Waals surface area contributed by atoms with Crippen molar-refractivity contribution in [3.8, 4) is 0 Å². The molecule has 0 amide bonds. The number of hydrogen-bond donors (Lipinski definition) is 2. The van der Waals surface area contributed by atoms with Crippen molar-refractivity contribution in [3.05, 3.63) is 34.1 Å². The SMILES string of the molecule is OC1CCC(NCCc2cc(Br)ccc2F)CC1. The number of aliphatic hydroxyl groups excluding tert-OH is 1. The van der Waals surface area contributed by atoms with Gasteiger partial charge in [-0.2, -0.15) is 0 Å². The molecular formula is C14H19BrFNO. The van der Waals surface area contributed by atoms with Crippen LogP contribution < -0.4 is 5.32 Å². The molecule has 0 bridgehead atoms. The molecule has 1 saturated carbocycles. The lowest BCUT2D eigenvalue weighted by Crippen LogP contribution is -2.35. The summed E-state index contributed by atoms with van der Waals surface area (Å²) in [5, 5.41) is 12.9. The lowest BCUT2D eigenvalue weighted by molar-refractivity contribution is 0.117. The van der Waals surface area contributed by atoms with Gasteiger partial charge in [0.1, 0.15) is 5.82 Å². The molecule has 1 fully saturated rings. The Labute approximate surface area is 116 Å². The second-order valence-electron chi connectivity index (χ2n) is 4.95. The van der Waals surface area contributed by atoms with Gasteiger partial charge in [0.05, 0.1) is 6.10 Å². The maximum Gasteiger partial charge on any atom is 0.126 e. The molecular weight excluding hydrogens is 297 g/mol. The molecule has 2 nitrogen and oxygen atoms in total. The van der Waals surface area contributed by atoms with Gasteiger partial charge in [-0.1, -0.05) is 15.9 Å². The van der Waals surface area contributed by atoms with Gasteiger partial charge in [0.15, 0.2) is 0 Å². The van der Waals surface area contributed by atoms with Crippen molar-refractivity contribution in [2.45, 2.75) is 44.2 Å². The van der Waals surface area contributed by atoms with Crippen LogP contribution in [0, 0.1) is 5.82 Å². The van der Waals surface area contributed by atoms with Crippen LogP contribution in [0.2, 0.25) is 0 Å². The summed E-state index contributed by atoms with van der Waals surface area (Å²) in [6.07, 6.45) is 4.37. The van der Waals surface area contributed by atoms with Crippen LogP contribution in [0.25, 0.3) is 0 Å². The Hall–Kier alpha value is -0.450. The smallest absolute Gasteiger partial charge is 0.126 e. The zero-order valence-electron chi connectivity index (χ0n) is 10.3. The fourth-order valence-corrected chi connectivity index (χ4v) is 2.83. The molecule has 18 heavy (non-hydrogen) atoms. The van der Waals surface area contributed by atoms with Gasteiger partial charge in [-0.3, -0.25) is 0 Å². The highest BCUT2D eigenvalue weighted by molar-refractivity contribution is 9.10. The van der Waals surface area contributed by atoms with E-state index in [0.29, 0.717) is 12.5 Å². The van der Waals surface area contributed by atoms with Crippen molar-refractivity contribution in [1.29, 1.82) is 0 Å². The molecule has 0 unspecified atom stereocenters. The van der Waals surface area contributed by atoms with Crippen molar-refractivity contribution < 1.29 is 9.50 Å². The second kappa shape index (κ2) is 6.64. The topological polar surface area (TPSA) is 32.3 Å². The van der Waals surface area contributed by atoms with Gasteiger partial charge in [0.25, 0.3) is 0 Å². The largest absolute Gasteiger partial charge is 0.393 e. The zero-order chi connectivity index (χ0) is 13.0. The number of hydrogen-bond acceptors (Lipinski definition) is 2. The quantitative estimate of drug-likeness (QED) is 0.895. The van der Waals surface area contributed by atoms with E-state index in [9.17, 15) is 9.50 Å². The van der Waals surface area contributed by atoms with Gasteiger partial charge >= 0.3 is 0 Å². The molecule has 2 N–H and O–H groups in total. The molecule has 1 aliphatic rings. The first-order chi connectivity index (χ1) is 8.65. The van der Waals surface area contributed by atoms with E-state index in [2.05, 4.69) is 21.2 Å².